The van der Waals surface area contributed by atoms with Crippen molar-refractivity contribution in [2.45, 2.75) is 37.1 Å². The molecule has 0 atom stereocenters. The molecule has 6 heteroatoms. The van der Waals surface area contributed by atoms with Crippen LogP contribution in [0.15, 0.2) is 28.7 Å². The summed E-state index contributed by atoms with van der Waals surface area (Å²) in [6.45, 7) is -0.960. The summed E-state index contributed by atoms with van der Waals surface area (Å²) in [5.41, 5.74) is 1.14. The lowest BCUT2D eigenvalue weighted by atomic mass is 9.76. The molecule has 0 heterocycles. The molecule has 1 saturated carbocycles. The van der Waals surface area contributed by atoms with Gasteiger partial charge in [0.2, 0.25) is 0 Å². The predicted molar refractivity (Wildman–Crippen MR) is 68.9 cm³/mol. The van der Waals surface area contributed by atoms with E-state index >= 15 is 0 Å². The predicted octanol–water partition coefficient (Wildman–Crippen LogP) is 4.19. The zero-order valence-corrected chi connectivity index (χ0v) is 11.6. The average molecular weight is 340 g/mol. The summed E-state index contributed by atoms with van der Waals surface area (Å²) >= 11 is 3.44. The Hall–Kier alpha value is -0.620. The van der Waals surface area contributed by atoms with Crippen LogP contribution >= 0.6 is 15.9 Å². The van der Waals surface area contributed by atoms with E-state index < -0.39 is 18.9 Å². The van der Waals surface area contributed by atoms with Crippen LogP contribution in [0.3, 0.4) is 0 Å². The van der Waals surface area contributed by atoms with E-state index in [0.29, 0.717) is 18.8 Å². The van der Waals surface area contributed by atoms with E-state index in [0.717, 1.165) is 10.0 Å². The van der Waals surface area contributed by atoms with Gasteiger partial charge in [-0.1, -0.05) is 34.1 Å². The quantitative estimate of drug-likeness (QED) is 0.793. The van der Waals surface area contributed by atoms with Crippen molar-refractivity contribution < 1.29 is 17.6 Å². The minimum atomic E-state index is -3.95. The molecule has 0 amide bonds. The van der Waals surface area contributed by atoms with Crippen molar-refractivity contribution in [3.05, 3.63) is 34.3 Å². The SMILES string of the molecule is FC(F)C(F)(F)CNC1CC(c2ccccc2Br)C1. The van der Waals surface area contributed by atoms with Crippen molar-refractivity contribution in [3.8, 4) is 0 Å². The summed E-state index contributed by atoms with van der Waals surface area (Å²) < 4.78 is 50.4. The first-order valence-electron chi connectivity index (χ1n) is 6.04. The highest BCUT2D eigenvalue weighted by molar-refractivity contribution is 9.10. The van der Waals surface area contributed by atoms with Crippen molar-refractivity contribution in [2.75, 3.05) is 6.54 Å². The van der Waals surface area contributed by atoms with Crippen LogP contribution in [0.25, 0.3) is 0 Å². The van der Waals surface area contributed by atoms with Crippen LogP contribution in [0, 0.1) is 0 Å². The van der Waals surface area contributed by atoms with Crippen molar-refractivity contribution >= 4 is 15.9 Å². The molecule has 19 heavy (non-hydrogen) atoms. The van der Waals surface area contributed by atoms with E-state index in [1.807, 2.05) is 24.3 Å². The summed E-state index contributed by atoms with van der Waals surface area (Å²) in [6, 6.07) is 7.64. The molecule has 1 aromatic rings. The van der Waals surface area contributed by atoms with E-state index in [1.165, 1.54) is 0 Å². The number of alkyl halides is 4. The number of hydrogen-bond donors (Lipinski definition) is 1. The van der Waals surface area contributed by atoms with Crippen LogP contribution in [0.2, 0.25) is 0 Å². The number of hydrogen-bond acceptors (Lipinski definition) is 1. The van der Waals surface area contributed by atoms with Crippen molar-refractivity contribution in [1.29, 1.82) is 0 Å². The van der Waals surface area contributed by atoms with Crippen LogP contribution in [-0.2, 0) is 0 Å². The van der Waals surface area contributed by atoms with Crippen LogP contribution in [0.1, 0.15) is 24.3 Å². The van der Waals surface area contributed by atoms with Gasteiger partial charge in [-0.3, -0.25) is 0 Å². The van der Waals surface area contributed by atoms with E-state index in [9.17, 15) is 17.6 Å². The second kappa shape index (κ2) is 5.79. The molecule has 106 valence electrons. The van der Waals surface area contributed by atoms with Gasteiger partial charge < -0.3 is 5.32 Å². The number of benzene rings is 1. The summed E-state index contributed by atoms with van der Waals surface area (Å²) in [6.07, 6.45) is -2.22. The summed E-state index contributed by atoms with van der Waals surface area (Å²) in [7, 11) is 0. The summed E-state index contributed by atoms with van der Waals surface area (Å²) in [4.78, 5) is 0. The van der Waals surface area contributed by atoms with E-state index in [4.69, 9.17) is 0 Å². The molecule has 1 fully saturated rings. The number of halogens is 5. The molecule has 0 radical (unpaired) electrons. The monoisotopic (exact) mass is 339 g/mol. The van der Waals surface area contributed by atoms with Gasteiger partial charge in [-0.2, -0.15) is 8.78 Å². The Kier molecular flexibility index (Phi) is 4.50. The largest absolute Gasteiger partial charge is 0.319 e. The Labute approximate surface area is 117 Å². The summed E-state index contributed by atoms with van der Waals surface area (Å²) in [5.74, 6) is -3.65. The molecule has 0 saturated heterocycles. The van der Waals surface area contributed by atoms with Gasteiger partial charge in [-0.15, -0.1) is 0 Å². The fourth-order valence-electron chi connectivity index (χ4n) is 2.20. The maximum Gasteiger partial charge on any atom is 0.319 e. The molecule has 0 spiro atoms. The van der Waals surface area contributed by atoms with Crippen LogP contribution < -0.4 is 5.32 Å². The molecule has 1 N–H and O–H groups in total. The van der Waals surface area contributed by atoms with Gasteiger partial charge in [0.15, 0.2) is 0 Å². The number of nitrogens with one attached hydrogen (secondary N) is 1. The maximum absolute atomic E-state index is 12.7. The van der Waals surface area contributed by atoms with Crippen LogP contribution in [-0.4, -0.2) is 24.9 Å². The van der Waals surface area contributed by atoms with E-state index in [2.05, 4.69) is 21.2 Å². The third kappa shape index (κ3) is 3.48. The highest BCUT2D eigenvalue weighted by Gasteiger charge is 2.42. The molecule has 1 aliphatic rings. The molecule has 0 unspecified atom stereocenters. The third-order valence-corrected chi connectivity index (χ3v) is 4.15. The number of rotatable bonds is 5. The van der Waals surface area contributed by atoms with Crippen molar-refractivity contribution in [1.82, 2.24) is 5.32 Å². The minimum Gasteiger partial charge on any atom is -0.308 e. The first-order chi connectivity index (χ1) is 8.90. The Morgan fingerprint density at radius 1 is 1.26 bits per heavy atom. The molecule has 0 aromatic heterocycles. The standard InChI is InChI=1S/C13H14BrF4N/c14-11-4-2-1-3-10(11)8-5-9(6-8)19-7-13(17,18)12(15)16/h1-4,8-9,12,19H,5-7H2. The Balaban J connectivity index is 1.80. The highest BCUT2D eigenvalue weighted by Crippen LogP contribution is 2.40. The molecule has 2 rings (SSSR count). The molecule has 1 aliphatic carbocycles. The zero-order chi connectivity index (χ0) is 14.0. The smallest absolute Gasteiger partial charge is 0.308 e. The topological polar surface area (TPSA) is 12.0 Å². The van der Waals surface area contributed by atoms with Gasteiger partial charge in [-0.05, 0) is 30.4 Å². The molecular weight excluding hydrogens is 326 g/mol. The minimum absolute atomic E-state index is 0.110. The van der Waals surface area contributed by atoms with Crippen LogP contribution in [0.4, 0.5) is 17.6 Å². The second-order valence-corrected chi connectivity index (χ2v) is 5.68. The molecule has 1 aromatic carbocycles. The van der Waals surface area contributed by atoms with Gasteiger partial charge in [0.05, 0.1) is 6.54 Å². The molecular formula is C13H14BrF4N. The van der Waals surface area contributed by atoms with Gasteiger partial charge in [0.25, 0.3) is 0 Å². The lowest BCUT2D eigenvalue weighted by Crippen LogP contribution is -2.47. The van der Waals surface area contributed by atoms with E-state index in [-0.39, 0.29) is 6.04 Å². The lowest BCUT2D eigenvalue weighted by molar-refractivity contribution is -0.127. The fourth-order valence-corrected chi connectivity index (χ4v) is 2.81. The molecule has 1 nitrogen and oxygen atoms in total. The first kappa shape index (κ1) is 14.8. The first-order valence-corrected chi connectivity index (χ1v) is 6.83. The van der Waals surface area contributed by atoms with Crippen molar-refractivity contribution in [3.63, 3.8) is 0 Å². The zero-order valence-electron chi connectivity index (χ0n) is 10.1. The van der Waals surface area contributed by atoms with Gasteiger partial charge in [0, 0.05) is 10.5 Å². The lowest BCUT2D eigenvalue weighted by Gasteiger charge is -2.37. The second-order valence-electron chi connectivity index (χ2n) is 4.83. The Morgan fingerprint density at radius 2 is 1.89 bits per heavy atom. The van der Waals surface area contributed by atoms with Crippen LogP contribution in [0.5, 0.6) is 0 Å². The Morgan fingerprint density at radius 3 is 2.47 bits per heavy atom. The van der Waals surface area contributed by atoms with Gasteiger partial charge in [0.1, 0.15) is 0 Å². The van der Waals surface area contributed by atoms with E-state index in [1.54, 1.807) is 0 Å². The van der Waals surface area contributed by atoms with Gasteiger partial charge >= 0.3 is 12.3 Å². The molecule has 0 aliphatic heterocycles. The highest BCUT2D eigenvalue weighted by atomic mass is 79.9. The normalized spacial score (nSPS) is 23.5. The maximum atomic E-state index is 12.7. The van der Waals surface area contributed by atoms with Crippen molar-refractivity contribution in [2.24, 2.45) is 0 Å². The fraction of sp³-hybridized carbons (Fsp3) is 0.538. The average Bonchev–Trinajstić information content (AvgIpc) is 2.29. The Bertz CT molecular complexity index is 432. The molecule has 0 bridgehead atoms. The van der Waals surface area contributed by atoms with Gasteiger partial charge in [-0.25, -0.2) is 8.78 Å². The summed E-state index contributed by atoms with van der Waals surface area (Å²) in [5, 5.41) is 2.51. The third-order valence-electron chi connectivity index (χ3n) is 3.43.